The van der Waals surface area contributed by atoms with Crippen LogP contribution in [0.25, 0.3) is 5.78 Å². The molecule has 0 radical (unpaired) electrons. The van der Waals surface area contributed by atoms with E-state index in [4.69, 9.17) is 11.6 Å². The first-order valence-corrected chi connectivity index (χ1v) is 11.6. The van der Waals surface area contributed by atoms with Crippen LogP contribution in [0.5, 0.6) is 0 Å². The van der Waals surface area contributed by atoms with Crippen LogP contribution in [-0.2, 0) is 17.8 Å². The molecular weight excluding hydrogens is 487 g/mol. The lowest BCUT2D eigenvalue weighted by atomic mass is 10.0. The topological polar surface area (TPSA) is 72.2 Å². The highest BCUT2D eigenvalue weighted by Crippen LogP contribution is 2.24. The van der Waals surface area contributed by atoms with E-state index in [0.717, 1.165) is 34.3 Å². The first-order valence-electron chi connectivity index (χ1n) is 10.2. The van der Waals surface area contributed by atoms with E-state index in [9.17, 15) is 18.0 Å². The van der Waals surface area contributed by atoms with E-state index in [1.54, 1.807) is 4.52 Å². The van der Waals surface area contributed by atoms with Gasteiger partial charge in [-0.15, -0.1) is 5.10 Å². The summed E-state index contributed by atoms with van der Waals surface area (Å²) in [6.07, 6.45) is 0.585. The van der Waals surface area contributed by atoms with Crippen molar-refractivity contribution in [3.05, 3.63) is 87.0 Å². The van der Waals surface area contributed by atoms with E-state index in [-0.39, 0.29) is 5.75 Å². The summed E-state index contributed by atoms with van der Waals surface area (Å²) in [6, 6.07) is 8.72. The smallest absolute Gasteiger partial charge is 0.253 e. The molecule has 0 aliphatic heterocycles. The highest BCUT2D eigenvalue weighted by Gasteiger charge is 2.17. The van der Waals surface area contributed by atoms with Crippen LogP contribution < -0.4 is 5.32 Å². The number of carbonyl (C=O) groups is 1. The third-order valence-electron chi connectivity index (χ3n) is 5.26. The van der Waals surface area contributed by atoms with E-state index in [1.165, 1.54) is 0 Å². The quantitative estimate of drug-likeness (QED) is 0.365. The van der Waals surface area contributed by atoms with Gasteiger partial charge in [-0.05, 0) is 31.0 Å². The molecule has 0 saturated carbocycles. The Bertz CT molecular complexity index is 1370. The van der Waals surface area contributed by atoms with Crippen molar-refractivity contribution >= 4 is 35.0 Å². The highest BCUT2D eigenvalue weighted by atomic mass is 35.5. The van der Waals surface area contributed by atoms with E-state index in [1.807, 2.05) is 38.1 Å². The van der Waals surface area contributed by atoms with Gasteiger partial charge >= 0.3 is 0 Å². The second-order valence-corrected chi connectivity index (χ2v) is 8.90. The first-order chi connectivity index (χ1) is 16.2. The SMILES string of the molecule is Cc1nc2nc(SCC(=O)NCc3c(F)cc(F)cc3F)nn2c(C)c1Cc1ccccc1Cl. The third-order valence-corrected chi connectivity index (χ3v) is 6.46. The predicted molar refractivity (Wildman–Crippen MR) is 123 cm³/mol. The zero-order valence-corrected chi connectivity index (χ0v) is 19.8. The van der Waals surface area contributed by atoms with E-state index >= 15 is 0 Å². The molecule has 4 aromatic rings. The van der Waals surface area contributed by atoms with Crippen LogP contribution in [0, 0.1) is 31.3 Å². The van der Waals surface area contributed by atoms with Gasteiger partial charge in [0.2, 0.25) is 11.1 Å². The molecule has 0 unspecified atom stereocenters. The maximum atomic E-state index is 13.7. The Morgan fingerprint density at radius 3 is 2.50 bits per heavy atom. The molecule has 176 valence electrons. The van der Waals surface area contributed by atoms with Gasteiger partial charge in [-0.3, -0.25) is 4.79 Å². The van der Waals surface area contributed by atoms with Crippen molar-refractivity contribution in [1.29, 1.82) is 0 Å². The minimum atomic E-state index is -1.06. The molecule has 1 N–H and O–H groups in total. The summed E-state index contributed by atoms with van der Waals surface area (Å²) in [6.45, 7) is 3.40. The van der Waals surface area contributed by atoms with Crippen LogP contribution in [0.2, 0.25) is 5.02 Å². The molecule has 11 heteroatoms. The average Bonchev–Trinajstić information content (AvgIpc) is 3.18. The number of halogens is 4. The number of benzene rings is 2. The third kappa shape index (κ3) is 5.18. The zero-order valence-electron chi connectivity index (χ0n) is 18.2. The molecule has 0 fully saturated rings. The molecule has 0 atom stereocenters. The molecule has 0 aliphatic rings. The molecule has 0 saturated heterocycles. The minimum absolute atomic E-state index is 0.0776. The van der Waals surface area contributed by atoms with Crippen LogP contribution in [0.3, 0.4) is 0 Å². The number of hydrogen-bond acceptors (Lipinski definition) is 5. The lowest BCUT2D eigenvalue weighted by molar-refractivity contribution is -0.118. The molecule has 2 heterocycles. The number of rotatable bonds is 7. The van der Waals surface area contributed by atoms with Gasteiger partial charge in [0.15, 0.2) is 0 Å². The minimum Gasteiger partial charge on any atom is -0.351 e. The van der Waals surface area contributed by atoms with Gasteiger partial charge in [0.05, 0.1) is 5.75 Å². The Hall–Kier alpha value is -3.11. The van der Waals surface area contributed by atoms with Gasteiger partial charge in [-0.1, -0.05) is 41.6 Å². The number of nitrogens with zero attached hydrogens (tertiary/aromatic N) is 4. The Kier molecular flexibility index (Phi) is 7.08. The van der Waals surface area contributed by atoms with Crippen LogP contribution >= 0.6 is 23.4 Å². The number of thioether (sulfide) groups is 1. The summed E-state index contributed by atoms with van der Waals surface area (Å²) in [4.78, 5) is 21.1. The standard InChI is InChI=1S/C23H19ClF3N5OS/c1-12-16(7-14-5-3-4-6-18(14)24)13(2)32-22(29-12)30-23(31-32)34-11-21(33)28-10-17-19(26)8-15(25)9-20(17)27/h3-6,8-9H,7,10-11H2,1-2H3,(H,28,33). The monoisotopic (exact) mass is 505 g/mol. The van der Waals surface area contributed by atoms with Gasteiger partial charge in [0, 0.05) is 47.1 Å². The average molecular weight is 506 g/mol. The largest absolute Gasteiger partial charge is 0.351 e. The van der Waals surface area contributed by atoms with Crippen molar-refractivity contribution in [2.45, 2.75) is 32.0 Å². The Morgan fingerprint density at radius 2 is 1.79 bits per heavy atom. The highest BCUT2D eigenvalue weighted by molar-refractivity contribution is 7.99. The summed E-state index contributed by atoms with van der Waals surface area (Å²) >= 11 is 7.37. The van der Waals surface area contributed by atoms with Gasteiger partial charge in [-0.25, -0.2) is 22.7 Å². The normalized spacial score (nSPS) is 11.2. The first kappa shape index (κ1) is 24.0. The Labute approximate surface area is 202 Å². The lowest BCUT2D eigenvalue weighted by Crippen LogP contribution is -2.25. The van der Waals surface area contributed by atoms with Crippen molar-refractivity contribution in [3.63, 3.8) is 0 Å². The molecule has 2 aromatic carbocycles. The van der Waals surface area contributed by atoms with Gasteiger partial charge in [-0.2, -0.15) is 4.98 Å². The fourth-order valence-electron chi connectivity index (χ4n) is 3.45. The van der Waals surface area contributed by atoms with Crippen molar-refractivity contribution < 1.29 is 18.0 Å². The summed E-state index contributed by atoms with van der Waals surface area (Å²) < 4.78 is 42.1. The number of carbonyl (C=O) groups excluding carboxylic acids is 1. The Morgan fingerprint density at radius 1 is 1.09 bits per heavy atom. The van der Waals surface area contributed by atoms with Crippen molar-refractivity contribution in [3.8, 4) is 0 Å². The summed E-state index contributed by atoms with van der Waals surface area (Å²) in [5.41, 5.74) is 3.19. The molecule has 0 bridgehead atoms. The fourth-order valence-corrected chi connectivity index (χ4v) is 4.30. The molecule has 4 rings (SSSR count). The van der Waals surface area contributed by atoms with Crippen LogP contribution in [0.15, 0.2) is 41.6 Å². The second kappa shape index (κ2) is 10.0. The number of aromatic nitrogens is 4. The van der Waals surface area contributed by atoms with E-state index in [0.29, 0.717) is 34.5 Å². The molecule has 1 amide bonds. The van der Waals surface area contributed by atoms with Crippen LogP contribution in [0.4, 0.5) is 13.2 Å². The lowest BCUT2D eigenvalue weighted by Gasteiger charge is -2.11. The van der Waals surface area contributed by atoms with Gasteiger partial charge in [0.1, 0.15) is 17.5 Å². The van der Waals surface area contributed by atoms with E-state index in [2.05, 4.69) is 20.4 Å². The van der Waals surface area contributed by atoms with Crippen molar-refractivity contribution in [2.24, 2.45) is 0 Å². The molecule has 0 spiro atoms. The Balaban J connectivity index is 1.44. The fraction of sp³-hybridized carbons (Fsp3) is 0.217. The number of aryl methyl sites for hydroxylation is 2. The van der Waals surface area contributed by atoms with Crippen molar-refractivity contribution in [1.82, 2.24) is 24.9 Å². The van der Waals surface area contributed by atoms with Crippen LogP contribution in [-0.4, -0.2) is 31.2 Å². The molecule has 0 aliphatic carbocycles. The predicted octanol–water partition coefficient (Wildman–Crippen LogP) is 4.81. The molecule has 2 aromatic heterocycles. The van der Waals surface area contributed by atoms with E-state index < -0.39 is 35.5 Å². The summed E-state index contributed by atoms with van der Waals surface area (Å²) in [5, 5.41) is 7.85. The molecule has 34 heavy (non-hydrogen) atoms. The van der Waals surface area contributed by atoms with Crippen molar-refractivity contribution in [2.75, 3.05) is 5.75 Å². The summed E-state index contributed by atoms with van der Waals surface area (Å²) in [7, 11) is 0. The number of fused-ring (bicyclic) bond motifs is 1. The maximum Gasteiger partial charge on any atom is 0.253 e. The number of nitrogens with one attached hydrogen (secondary N) is 1. The van der Waals surface area contributed by atoms with Crippen LogP contribution in [0.1, 0.15) is 28.1 Å². The van der Waals surface area contributed by atoms with Gasteiger partial charge in [0.25, 0.3) is 5.78 Å². The number of hydrogen-bond donors (Lipinski definition) is 1. The zero-order chi connectivity index (χ0) is 24.4. The second-order valence-electron chi connectivity index (χ2n) is 7.55. The number of amides is 1. The van der Waals surface area contributed by atoms with Gasteiger partial charge < -0.3 is 5.32 Å². The molecular formula is C23H19ClF3N5OS. The molecule has 6 nitrogen and oxygen atoms in total. The summed E-state index contributed by atoms with van der Waals surface area (Å²) in [5.74, 6) is -3.29. The maximum absolute atomic E-state index is 13.7.